The van der Waals surface area contributed by atoms with Crippen LogP contribution in [0.4, 0.5) is 0 Å². The Morgan fingerprint density at radius 1 is 1.45 bits per heavy atom. The van der Waals surface area contributed by atoms with Crippen molar-refractivity contribution in [1.29, 1.82) is 0 Å². The monoisotopic (exact) mass is 408 g/mol. The van der Waals surface area contributed by atoms with Gasteiger partial charge in [0.1, 0.15) is 6.04 Å². The Hall–Kier alpha value is -0.960. The van der Waals surface area contributed by atoms with E-state index in [1.165, 1.54) is 11.3 Å². The largest absolute Gasteiger partial charge is 0.340 e. The molecule has 0 aliphatic heterocycles. The Kier molecular flexibility index (Phi) is 7.47. The quantitative estimate of drug-likeness (QED) is 0.767. The summed E-state index contributed by atoms with van der Waals surface area (Å²) >= 11 is 4.72. The average Bonchev–Trinajstić information content (AvgIpc) is 3.07. The van der Waals surface area contributed by atoms with Crippen molar-refractivity contribution in [2.75, 3.05) is 7.05 Å². The first-order chi connectivity index (χ1) is 9.99. The minimum absolute atomic E-state index is 0. The molecule has 2 aromatic rings. The van der Waals surface area contributed by atoms with E-state index in [4.69, 9.17) is 4.52 Å². The molecule has 122 valence electrons. The van der Waals surface area contributed by atoms with Gasteiger partial charge in [0.25, 0.3) is 5.91 Å². The number of nitrogens with one attached hydrogen (secondary N) is 2. The molecule has 2 rings (SSSR count). The number of thiophene rings is 1. The van der Waals surface area contributed by atoms with E-state index in [0.29, 0.717) is 23.0 Å². The number of hydrogen-bond donors (Lipinski definition) is 2. The van der Waals surface area contributed by atoms with Gasteiger partial charge in [-0.25, -0.2) is 0 Å². The topological polar surface area (TPSA) is 80.0 Å². The van der Waals surface area contributed by atoms with Crippen molar-refractivity contribution in [2.24, 2.45) is 0 Å². The minimum atomic E-state index is -0.329. The molecule has 2 N–H and O–H groups in total. The Bertz CT molecular complexity index is 619. The lowest BCUT2D eigenvalue weighted by atomic mass is 10.2. The smallest absolute Gasteiger partial charge is 0.262 e. The molecule has 1 amide bonds. The molecule has 0 aliphatic rings. The summed E-state index contributed by atoms with van der Waals surface area (Å²) in [5, 5.41) is 9.89. The third-order valence-electron chi connectivity index (χ3n) is 2.98. The molecule has 0 saturated carbocycles. The standard InChI is InChI=1S/C13H17BrN4O2S.ClH/c1-7(15-3)6-11-17-13(20-18-11)8(2)16-12(19)9-4-5-10(14)21-9;/h4-5,7-8,15H,6H2,1-3H3,(H,16,19);1H. The molecular formula is C13H18BrClN4O2S. The van der Waals surface area contributed by atoms with Crippen LogP contribution in [0.3, 0.4) is 0 Å². The zero-order valence-corrected chi connectivity index (χ0v) is 15.6. The number of likely N-dealkylation sites (N-methyl/N-ethyl adjacent to an activating group) is 1. The highest BCUT2D eigenvalue weighted by Gasteiger charge is 2.19. The minimum Gasteiger partial charge on any atom is -0.340 e. The maximum Gasteiger partial charge on any atom is 0.262 e. The van der Waals surface area contributed by atoms with Crippen LogP contribution in [0, 0.1) is 0 Å². The lowest BCUT2D eigenvalue weighted by Crippen LogP contribution is -2.26. The predicted octanol–water partition coefficient (Wildman–Crippen LogP) is 2.96. The first-order valence-corrected chi connectivity index (χ1v) is 8.16. The van der Waals surface area contributed by atoms with Crippen molar-refractivity contribution in [3.8, 4) is 0 Å². The molecule has 0 aromatic carbocycles. The highest BCUT2D eigenvalue weighted by molar-refractivity contribution is 9.11. The van der Waals surface area contributed by atoms with Crippen molar-refractivity contribution >= 4 is 45.6 Å². The summed E-state index contributed by atoms with van der Waals surface area (Å²) in [5.41, 5.74) is 0. The van der Waals surface area contributed by atoms with Crippen molar-refractivity contribution in [3.05, 3.63) is 32.5 Å². The predicted molar refractivity (Wildman–Crippen MR) is 91.7 cm³/mol. The molecule has 2 atom stereocenters. The summed E-state index contributed by atoms with van der Waals surface area (Å²) in [5.74, 6) is 0.894. The van der Waals surface area contributed by atoms with E-state index in [0.717, 1.165) is 3.79 Å². The lowest BCUT2D eigenvalue weighted by Gasteiger charge is -2.08. The summed E-state index contributed by atoms with van der Waals surface area (Å²) in [7, 11) is 1.88. The number of amides is 1. The van der Waals surface area contributed by atoms with Crippen LogP contribution in [0.25, 0.3) is 0 Å². The van der Waals surface area contributed by atoms with Crippen molar-refractivity contribution in [1.82, 2.24) is 20.8 Å². The van der Waals surface area contributed by atoms with Gasteiger partial charge in [0, 0.05) is 12.5 Å². The third kappa shape index (κ3) is 5.05. The van der Waals surface area contributed by atoms with E-state index >= 15 is 0 Å². The van der Waals surface area contributed by atoms with Gasteiger partial charge in [0.15, 0.2) is 5.82 Å². The Morgan fingerprint density at radius 2 is 2.18 bits per heavy atom. The number of carbonyl (C=O) groups is 1. The fourth-order valence-electron chi connectivity index (χ4n) is 1.67. The first-order valence-electron chi connectivity index (χ1n) is 6.55. The van der Waals surface area contributed by atoms with Crippen molar-refractivity contribution in [2.45, 2.75) is 32.4 Å². The fraction of sp³-hybridized carbons (Fsp3) is 0.462. The van der Waals surface area contributed by atoms with Gasteiger partial charge in [-0.15, -0.1) is 23.7 Å². The molecular weight excluding hydrogens is 392 g/mol. The average molecular weight is 410 g/mol. The van der Waals surface area contributed by atoms with Crippen LogP contribution in [-0.2, 0) is 6.42 Å². The number of carbonyl (C=O) groups excluding carboxylic acids is 1. The van der Waals surface area contributed by atoms with Gasteiger partial charge >= 0.3 is 0 Å². The van der Waals surface area contributed by atoms with E-state index in [-0.39, 0.29) is 30.4 Å². The van der Waals surface area contributed by atoms with Crippen LogP contribution in [0.5, 0.6) is 0 Å². The molecule has 0 radical (unpaired) electrons. The Labute approximate surface area is 147 Å². The molecule has 2 unspecified atom stereocenters. The van der Waals surface area contributed by atoms with E-state index in [1.807, 2.05) is 27.0 Å². The first kappa shape index (κ1) is 19.1. The van der Waals surface area contributed by atoms with E-state index < -0.39 is 0 Å². The second kappa shape index (κ2) is 8.61. The zero-order valence-electron chi connectivity index (χ0n) is 12.4. The molecule has 0 spiro atoms. The summed E-state index contributed by atoms with van der Waals surface area (Å²) in [4.78, 5) is 17.0. The van der Waals surface area contributed by atoms with Gasteiger partial charge in [0.2, 0.25) is 5.89 Å². The van der Waals surface area contributed by atoms with Crippen LogP contribution in [-0.4, -0.2) is 29.1 Å². The molecule has 2 aromatic heterocycles. The van der Waals surface area contributed by atoms with Crippen LogP contribution in [0.1, 0.15) is 41.3 Å². The van der Waals surface area contributed by atoms with Gasteiger partial charge in [-0.3, -0.25) is 4.79 Å². The second-order valence-electron chi connectivity index (χ2n) is 4.74. The van der Waals surface area contributed by atoms with E-state index in [1.54, 1.807) is 6.07 Å². The van der Waals surface area contributed by atoms with Crippen LogP contribution >= 0.6 is 39.7 Å². The summed E-state index contributed by atoms with van der Waals surface area (Å²) in [6, 6.07) is 3.55. The molecule has 0 aliphatic carbocycles. The number of rotatable bonds is 6. The molecule has 0 saturated heterocycles. The Morgan fingerprint density at radius 3 is 2.77 bits per heavy atom. The number of hydrogen-bond acceptors (Lipinski definition) is 6. The summed E-state index contributed by atoms with van der Waals surface area (Å²) in [6.45, 7) is 3.86. The number of aromatic nitrogens is 2. The normalized spacial score (nSPS) is 13.3. The third-order valence-corrected chi connectivity index (χ3v) is 4.60. The maximum atomic E-state index is 12.1. The SMILES string of the molecule is CNC(C)Cc1noc(C(C)NC(=O)c2ccc(Br)s2)n1.Cl. The number of nitrogens with zero attached hydrogens (tertiary/aromatic N) is 2. The van der Waals surface area contributed by atoms with Gasteiger partial charge in [-0.1, -0.05) is 5.16 Å². The highest BCUT2D eigenvalue weighted by Crippen LogP contribution is 2.22. The van der Waals surface area contributed by atoms with Crippen LogP contribution < -0.4 is 10.6 Å². The van der Waals surface area contributed by atoms with Crippen LogP contribution in [0.15, 0.2) is 20.4 Å². The molecule has 0 fully saturated rings. The molecule has 9 heteroatoms. The van der Waals surface area contributed by atoms with Crippen LogP contribution in [0.2, 0.25) is 0 Å². The zero-order chi connectivity index (χ0) is 15.4. The van der Waals surface area contributed by atoms with Gasteiger partial charge in [-0.05, 0) is 49.0 Å². The maximum absolute atomic E-state index is 12.1. The Balaban J connectivity index is 0.00000242. The van der Waals surface area contributed by atoms with E-state index in [9.17, 15) is 4.79 Å². The van der Waals surface area contributed by atoms with Crippen molar-refractivity contribution < 1.29 is 9.32 Å². The van der Waals surface area contributed by atoms with Gasteiger partial charge < -0.3 is 15.2 Å². The second-order valence-corrected chi connectivity index (χ2v) is 7.20. The van der Waals surface area contributed by atoms with E-state index in [2.05, 4.69) is 36.7 Å². The molecule has 0 bridgehead atoms. The van der Waals surface area contributed by atoms with Gasteiger partial charge in [0.05, 0.1) is 8.66 Å². The van der Waals surface area contributed by atoms with Crippen molar-refractivity contribution in [3.63, 3.8) is 0 Å². The van der Waals surface area contributed by atoms with Gasteiger partial charge in [-0.2, -0.15) is 4.98 Å². The molecule has 6 nitrogen and oxygen atoms in total. The molecule has 2 heterocycles. The lowest BCUT2D eigenvalue weighted by molar-refractivity contribution is 0.0936. The summed E-state index contributed by atoms with van der Waals surface area (Å²) in [6.07, 6.45) is 0.679. The molecule has 22 heavy (non-hydrogen) atoms. The summed E-state index contributed by atoms with van der Waals surface area (Å²) < 4.78 is 6.12. The highest BCUT2D eigenvalue weighted by atomic mass is 79.9. The fourth-order valence-corrected chi connectivity index (χ4v) is 2.96. The number of halogens is 2.